The van der Waals surface area contributed by atoms with E-state index in [1.807, 2.05) is 25.1 Å². The molecule has 3 nitrogen and oxygen atoms in total. The molecule has 0 spiro atoms. The van der Waals surface area contributed by atoms with Gasteiger partial charge in [-0.1, -0.05) is 12.1 Å². The molecule has 1 aromatic heterocycles. The standard InChI is InChI=1S/C12H12FN3/c1-16(2)12-14-7-10(8-15-12)9-4-3-5-11(13)6-9/h3-8H,1-2H3. The molecule has 2 aromatic rings. The van der Waals surface area contributed by atoms with Crippen LogP contribution >= 0.6 is 0 Å². The first-order valence-corrected chi connectivity index (χ1v) is 4.92. The monoisotopic (exact) mass is 217 g/mol. The average molecular weight is 217 g/mol. The first kappa shape index (κ1) is 10.5. The molecule has 0 saturated heterocycles. The minimum atomic E-state index is -0.255. The fraction of sp³-hybridized carbons (Fsp3) is 0.167. The van der Waals surface area contributed by atoms with Crippen molar-refractivity contribution in [1.29, 1.82) is 0 Å². The van der Waals surface area contributed by atoms with E-state index < -0.39 is 0 Å². The lowest BCUT2D eigenvalue weighted by Crippen LogP contribution is -2.12. The van der Waals surface area contributed by atoms with Gasteiger partial charge in [-0.25, -0.2) is 14.4 Å². The van der Waals surface area contributed by atoms with Crippen molar-refractivity contribution in [1.82, 2.24) is 9.97 Å². The second-order valence-electron chi connectivity index (χ2n) is 3.68. The predicted molar refractivity (Wildman–Crippen MR) is 61.8 cm³/mol. The summed E-state index contributed by atoms with van der Waals surface area (Å²) in [6.45, 7) is 0. The van der Waals surface area contributed by atoms with E-state index in [9.17, 15) is 4.39 Å². The molecule has 4 heteroatoms. The Bertz CT molecular complexity index is 480. The molecule has 0 fully saturated rings. The van der Waals surface area contributed by atoms with Crippen LogP contribution in [0, 0.1) is 5.82 Å². The Labute approximate surface area is 93.6 Å². The van der Waals surface area contributed by atoms with Crippen LogP contribution in [-0.4, -0.2) is 24.1 Å². The molecule has 0 amide bonds. The molecule has 16 heavy (non-hydrogen) atoms. The van der Waals surface area contributed by atoms with Gasteiger partial charge in [0.15, 0.2) is 0 Å². The van der Waals surface area contributed by atoms with Crippen LogP contribution in [-0.2, 0) is 0 Å². The molecule has 0 bridgehead atoms. The molecule has 1 aromatic carbocycles. The van der Waals surface area contributed by atoms with Gasteiger partial charge in [-0.15, -0.1) is 0 Å². The number of hydrogen-bond donors (Lipinski definition) is 0. The second-order valence-corrected chi connectivity index (χ2v) is 3.68. The second kappa shape index (κ2) is 4.26. The van der Waals surface area contributed by atoms with Crippen molar-refractivity contribution in [3.8, 4) is 11.1 Å². The highest BCUT2D eigenvalue weighted by atomic mass is 19.1. The molecule has 2 rings (SSSR count). The summed E-state index contributed by atoms with van der Waals surface area (Å²) in [6.07, 6.45) is 3.38. The van der Waals surface area contributed by atoms with Gasteiger partial charge in [0.2, 0.25) is 5.95 Å². The van der Waals surface area contributed by atoms with Gasteiger partial charge in [0.25, 0.3) is 0 Å². The fourth-order valence-electron chi connectivity index (χ4n) is 1.37. The van der Waals surface area contributed by atoms with Crippen LogP contribution in [0.2, 0.25) is 0 Å². The number of anilines is 1. The molecule has 0 radical (unpaired) electrons. The summed E-state index contributed by atoms with van der Waals surface area (Å²) in [4.78, 5) is 10.2. The maximum absolute atomic E-state index is 13.0. The van der Waals surface area contributed by atoms with E-state index in [2.05, 4.69) is 9.97 Å². The molecule has 0 saturated carbocycles. The van der Waals surface area contributed by atoms with E-state index in [1.54, 1.807) is 18.5 Å². The zero-order valence-electron chi connectivity index (χ0n) is 9.18. The number of aromatic nitrogens is 2. The summed E-state index contributed by atoms with van der Waals surface area (Å²) in [5.74, 6) is 0.384. The smallest absolute Gasteiger partial charge is 0.224 e. The van der Waals surface area contributed by atoms with Crippen molar-refractivity contribution in [2.24, 2.45) is 0 Å². The van der Waals surface area contributed by atoms with Gasteiger partial charge in [-0.2, -0.15) is 0 Å². The third-order valence-electron chi connectivity index (χ3n) is 2.20. The average Bonchev–Trinajstić information content (AvgIpc) is 2.29. The first-order valence-electron chi connectivity index (χ1n) is 4.92. The molecule has 82 valence electrons. The Balaban J connectivity index is 2.35. The highest BCUT2D eigenvalue weighted by Gasteiger charge is 2.02. The van der Waals surface area contributed by atoms with E-state index in [1.165, 1.54) is 12.1 Å². The van der Waals surface area contributed by atoms with Gasteiger partial charge in [0, 0.05) is 32.1 Å². The number of rotatable bonds is 2. The molecule has 0 atom stereocenters. The zero-order chi connectivity index (χ0) is 11.5. The van der Waals surface area contributed by atoms with Crippen LogP contribution in [0.4, 0.5) is 10.3 Å². The van der Waals surface area contributed by atoms with Crippen LogP contribution < -0.4 is 4.90 Å². The van der Waals surface area contributed by atoms with E-state index >= 15 is 0 Å². The Morgan fingerprint density at radius 3 is 2.31 bits per heavy atom. The van der Waals surface area contributed by atoms with Crippen molar-refractivity contribution in [2.75, 3.05) is 19.0 Å². The quantitative estimate of drug-likeness (QED) is 0.773. The zero-order valence-corrected chi connectivity index (χ0v) is 9.18. The normalized spacial score (nSPS) is 10.2. The Morgan fingerprint density at radius 1 is 1.06 bits per heavy atom. The molecule has 0 unspecified atom stereocenters. The van der Waals surface area contributed by atoms with E-state index in [0.29, 0.717) is 5.95 Å². The maximum Gasteiger partial charge on any atom is 0.224 e. The third kappa shape index (κ3) is 2.16. The summed E-state index contributed by atoms with van der Waals surface area (Å²) in [6, 6.07) is 6.38. The van der Waals surface area contributed by atoms with E-state index in [-0.39, 0.29) is 5.82 Å². The molecule has 1 heterocycles. The van der Waals surface area contributed by atoms with Crippen LogP contribution in [0.5, 0.6) is 0 Å². The van der Waals surface area contributed by atoms with Gasteiger partial charge in [-0.3, -0.25) is 0 Å². The maximum atomic E-state index is 13.0. The van der Waals surface area contributed by atoms with Crippen LogP contribution in [0.3, 0.4) is 0 Å². The van der Waals surface area contributed by atoms with E-state index in [4.69, 9.17) is 0 Å². The summed E-state index contributed by atoms with van der Waals surface area (Å²) in [5, 5.41) is 0. The van der Waals surface area contributed by atoms with Crippen molar-refractivity contribution in [3.63, 3.8) is 0 Å². The highest BCUT2D eigenvalue weighted by Crippen LogP contribution is 2.19. The minimum absolute atomic E-state index is 0.255. The summed E-state index contributed by atoms with van der Waals surface area (Å²) in [5.41, 5.74) is 1.59. The van der Waals surface area contributed by atoms with Crippen LogP contribution in [0.25, 0.3) is 11.1 Å². The van der Waals surface area contributed by atoms with Crippen molar-refractivity contribution in [3.05, 3.63) is 42.5 Å². The third-order valence-corrected chi connectivity index (χ3v) is 2.20. The number of nitrogens with zero attached hydrogens (tertiary/aromatic N) is 3. The van der Waals surface area contributed by atoms with Gasteiger partial charge in [0.1, 0.15) is 5.82 Å². The molecular formula is C12H12FN3. The number of benzene rings is 1. The minimum Gasteiger partial charge on any atom is -0.347 e. The van der Waals surface area contributed by atoms with Crippen LogP contribution in [0.15, 0.2) is 36.7 Å². The lowest BCUT2D eigenvalue weighted by atomic mass is 10.1. The lowest BCUT2D eigenvalue weighted by molar-refractivity contribution is 0.628. The Kier molecular flexibility index (Phi) is 2.81. The van der Waals surface area contributed by atoms with Gasteiger partial charge in [0.05, 0.1) is 0 Å². The summed E-state index contributed by atoms with van der Waals surface area (Å²) < 4.78 is 13.0. The number of hydrogen-bond acceptors (Lipinski definition) is 3. The first-order chi connectivity index (χ1) is 7.66. The number of halogens is 1. The largest absolute Gasteiger partial charge is 0.347 e. The Hall–Kier alpha value is -1.97. The molecule has 0 aliphatic carbocycles. The molecular weight excluding hydrogens is 205 g/mol. The van der Waals surface area contributed by atoms with Crippen molar-refractivity contribution < 1.29 is 4.39 Å². The fourth-order valence-corrected chi connectivity index (χ4v) is 1.37. The lowest BCUT2D eigenvalue weighted by Gasteiger charge is -2.09. The summed E-state index contributed by atoms with van der Waals surface area (Å²) >= 11 is 0. The van der Waals surface area contributed by atoms with Gasteiger partial charge >= 0.3 is 0 Å². The Morgan fingerprint density at radius 2 is 1.75 bits per heavy atom. The molecule has 0 aliphatic rings. The van der Waals surface area contributed by atoms with Crippen molar-refractivity contribution in [2.45, 2.75) is 0 Å². The molecule has 0 aliphatic heterocycles. The van der Waals surface area contributed by atoms with Crippen LogP contribution in [0.1, 0.15) is 0 Å². The van der Waals surface area contributed by atoms with Gasteiger partial charge < -0.3 is 4.90 Å². The van der Waals surface area contributed by atoms with E-state index in [0.717, 1.165) is 11.1 Å². The van der Waals surface area contributed by atoms with Gasteiger partial charge in [-0.05, 0) is 17.7 Å². The SMILES string of the molecule is CN(C)c1ncc(-c2cccc(F)c2)cn1. The highest BCUT2D eigenvalue weighted by molar-refractivity contribution is 5.61. The summed E-state index contributed by atoms with van der Waals surface area (Å²) in [7, 11) is 3.74. The van der Waals surface area contributed by atoms with Crippen molar-refractivity contribution >= 4 is 5.95 Å². The topological polar surface area (TPSA) is 29.0 Å². The molecule has 0 N–H and O–H groups in total. The predicted octanol–water partition coefficient (Wildman–Crippen LogP) is 2.35.